The molecule has 12 aromatic rings. The van der Waals surface area contributed by atoms with Crippen LogP contribution in [0.1, 0.15) is 0 Å². The Bertz CT molecular complexity index is 3540. The number of nitrogens with zero attached hydrogens (tertiary/aromatic N) is 3. The SMILES string of the molecule is c1ccc(-c2cccc(-c3nc(-n4c5ccc(-c6ccc7oc8ccc9ccccc9c8c7c6)cc5c5c6ccccc6ccc54)nc4ccccc34)c2)cc1. The molecule has 260 valence electrons. The molecule has 0 aliphatic heterocycles. The Morgan fingerprint density at radius 1 is 0.357 bits per heavy atom. The number of aromatic nitrogens is 3. The Hall–Kier alpha value is -7.56. The molecular weight excluding hydrogens is 683 g/mol. The van der Waals surface area contributed by atoms with Crippen molar-refractivity contribution in [1.82, 2.24) is 14.5 Å². The van der Waals surface area contributed by atoms with Crippen molar-refractivity contribution in [3.8, 4) is 39.5 Å². The minimum Gasteiger partial charge on any atom is -0.456 e. The predicted molar refractivity (Wildman–Crippen MR) is 232 cm³/mol. The van der Waals surface area contributed by atoms with Crippen molar-refractivity contribution in [1.29, 1.82) is 0 Å². The van der Waals surface area contributed by atoms with E-state index in [9.17, 15) is 0 Å². The van der Waals surface area contributed by atoms with Crippen molar-refractivity contribution >= 4 is 76.2 Å². The van der Waals surface area contributed by atoms with Gasteiger partial charge in [0.05, 0.1) is 22.2 Å². The lowest BCUT2D eigenvalue weighted by atomic mass is 9.98. The first kappa shape index (κ1) is 30.9. The fourth-order valence-corrected chi connectivity index (χ4v) is 8.77. The molecule has 3 heterocycles. The predicted octanol–water partition coefficient (Wildman–Crippen LogP) is 13.9. The number of fused-ring (bicyclic) bond motifs is 11. The van der Waals surface area contributed by atoms with Gasteiger partial charge in [-0.2, -0.15) is 0 Å². The Morgan fingerprint density at radius 3 is 1.80 bits per heavy atom. The lowest BCUT2D eigenvalue weighted by Crippen LogP contribution is -2.03. The largest absolute Gasteiger partial charge is 0.456 e. The lowest BCUT2D eigenvalue weighted by molar-refractivity contribution is 0.669. The Kier molecular flexibility index (Phi) is 6.60. The molecule has 0 fully saturated rings. The summed E-state index contributed by atoms with van der Waals surface area (Å²) in [6.07, 6.45) is 0. The highest BCUT2D eigenvalue weighted by atomic mass is 16.3. The smallest absolute Gasteiger partial charge is 0.235 e. The Morgan fingerprint density at radius 2 is 0.964 bits per heavy atom. The molecule has 56 heavy (non-hydrogen) atoms. The van der Waals surface area contributed by atoms with Crippen LogP contribution in [0.15, 0.2) is 192 Å². The van der Waals surface area contributed by atoms with E-state index in [1.807, 2.05) is 0 Å². The third-order valence-electron chi connectivity index (χ3n) is 11.4. The van der Waals surface area contributed by atoms with Crippen molar-refractivity contribution in [2.75, 3.05) is 0 Å². The van der Waals surface area contributed by atoms with Crippen molar-refractivity contribution in [3.63, 3.8) is 0 Å². The van der Waals surface area contributed by atoms with Crippen LogP contribution in [-0.4, -0.2) is 14.5 Å². The van der Waals surface area contributed by atoms with Crippen LogP contribution in [0.4, 0.5) is 0 Å². The number of rotatable bonds is 4. The second-order valence-corrected chi connectivity index (χ2v) is 14.6. The molecule has 0 spiro atoms. The van der Waals surface area contributed by atoms with Crippen molar-refractivity contribution in [2.24, 2.45) is 0 Å². The molecule has 12 rings (SSSR count). The highest BCUT2D eigenvalue weighted by molar-refractivity contribution is 6.22. The van der Waals surface area contributed by atoms with Gasteiger partial charge in [-0.3, -0.25) is 4.57 Å². The van der Waals surface area contributed by atoms with Crippen LogP contribution in [0.2, 0.25) is 0 Å². The van der Waals surface area contributed by atoms with Gasteiger partial charge in [-0.05, 0) is 92.3 Å². The van der Waals surface area contributed by atoms with Gasteiger partial charge in [-0.1, -0.05) is 140 Å². The summed E-state index contributed by atoms with van der Waals surface area (Å²) < 4.78 is 8.61. The molecule has 0 saturated carbocycles. The van der Waals surface area contributed by atoms with E-state index < -0.39 is 0 Å². The Balaban J connectivity index is 1.10. The van der Waals surface area contributed by atoms with Gasteiger partial charge in [0.1, 0.15) is 11.2 Å². The summed E-state index contributed by atoms with van der Waals surface area (Å²) >= 11 is 0. The highest BCUT2D eigenvalue weighted by Crippen LogP contribution is 2.41. The first-order valence-electron chi connectivity index (χ1n) is 19.0. The molecule has 0 unspecified atom stereocenters. The fourth-order valence-electron chi connectivity index (χ4n) is 8.77. The molecule has 9 aromatic carbocycles. The lowest BCUT2D eigenvalue weighted by Gasteiger charge is -2.13. The van der Waals surface area contributed by atoms with Gasteiger partial charge in [0, 0.05) is 32.5 Å². The van der Waals surface area contributed by atoms with Crippen molar-refractivity contribution in [2.45, 2.75) is 0 Å². The van der Waals surface area contributed by atoms with Gasteiger partial charge >= 0.3 is 0 Å². The fraction of sp³-hybridized carbons (Fsp3) is 0. The zero-order chi connectivity index (χ0) is 36.7. The summed E-state index contributed by atoms with van der Waals surface area (Å²) in [4.78, 5) is 10.7. The summed E-state index contributed by atoms with van der Waals surface area (Å²) in [7, 11) is 0. The van der Waals surface area contributed by atoms with Crippen molar-refractivity contribution < 1.29 is 4.42 Å². The molecule has 0 N–H and O–H groups in total. The summed E-state index contributed by atoms with van der Waals surface area (Å²) in [6, 6.07) is 66.7. The third kappa shape index (κ3) is 4.66. The minimum absolute atomic E-state index is 0.644. The molecule has 0 saturated heterocycles. The number of furan rings is 1. The van der Waals surface area contributed by atoms with Crippen LogP contribution in [0.3, 0.4) is 0 Å². The Labute approximate surface area is 321 Å². The third-order valence-corrected chi connectivity index (χ3v) is 11.4. The van der Waals surface area contributed by atoms with Crippen molar-refractivity contribution in [3.05, 3.63) is 188 Å². The topological polar surface area (TPSA) is 43.9 Å². The zero-order valence-corrected chi connectivity index (χ0v) is 30.1. The second-order valence-electron chi connectivity index (χ2n) is 14.6. The van der Waals surface area contributed by atoms with E-state index in [0.29, 0.717) is 5.95 Å². The zero-order valence-electron chi connectivity index (χ0n) is 30.1. The monoisotopic (exact) mass is 713 g/mol. The van der Waals surface area contributed by atoms with Gasteiger partial charge in [0.15, 0.2) is 0 Å². The summed E-state index contributed by atoms with van der Waals surface area (Å²) in [5, 5.41) is 10.4. The maximum atomic E-state index is 6.36. The van der Waals surface area contributed by atoms with Gasteiger partial charge < -0.3 is 4.42 Å². The average Bonchev–Trinajstić information content (AvgIpc) is 3.82. The van der Waals surface area contributed by atoms with Crippen LogP contribution < -0.4 is 0 Å². The van der Waals surface area contributed by atoms with E-state index in [1.165, 1.54) is 32.5 Å². The van der Waals surface area contributed by atoms with Gasteiger partial charge in [-0.25, -0.2) is 9.97 Å². The molecular formula is C52H31N3O. The van der Waals surface area contributed by atoms with E-state index >= 15 is 0 Å². The molecule has 4 heteroatoms. The maximum absolute atomic E-state index is 6.36. The number of hydrogen-bond donors (Lipinski definition) is 0. The molecule has 0 amide bonds. The van der Waals surface area contributed by atoms with Crippen LogP contribution in [0.25, 0.3) is 116 Å². The average molecular weight is 714 g/mol. The highest BCUT2D eigenvalue weighted by Gasteiger charge is 2.20. The van der Waals surface area contributed by atoms with Crippen LogP contribution in [0.5, 0.6) is 0 Å². The van der Waals surface area contributed by atoms with Gasteiger partial charge in [-0.15, -0.1) is 0 Å². The second kappa shape index (κ2) is 12.0. The van der Waals surface area contributed by atoms with E-state index in [4.69, 9.17) is 14.4 Å². The molecule has 0 aliphatic rings. The summed E-state index contributed by atoms with van der Waals surface area (Å²) in [5.41, 5.74) is 11.4. The standard InChI is InChI=1S/C52H31N3O/c1-2-11-32(12-3-1)35-15-10-16-38(29-35)51-41-19-8-9-20-44(41)53-52(54-51)55-45-25-22-36(30-42(45)49-39-17-6-4-13-33(39)21-26-46(49)55)37-24-27-47-43(31-37)50-40-18-7-5-14-34(40)23-28-48(50)56-47/h1-31H. The molecule has 0 aliphatic carbocycles. The first-order chi connectivity index (χ1) is 27.7. The maximum Gasteiger partial charge on any atom is 0.235 e. The van der Waals surface area contributed by atoms with E-state index in [0.717, 1.165) is 77.2 Å². The summed E-state index contributed by atoms with van der Waals surface area (Å²) in [6.45, 7) is 0. The van der Waals surface area contributed by atoms with Gasteiger partial charge in [0.25, 0.3) is 0 Å². The number of benzene rings is 9. The normalized spacial score (nSPS) is 11.9. The number of hydrogen-bond acceptors (Lipinski definition) is 3. The molecule has 4 nitrogen and oxygen atoms in total. The number of para-hydroxylation sites is 1. The summed E-state index contributed by atoms with van der Waals surface area (Å²) in [5.74, 6) is 0.644. The van der Waals surface area contributed by atoms with E-state index in [2.05, 4.69) is 193 Å². The van der Waals surface area contributed by atoms with Crippen LogP contribution in [0, 0.1) is 0 Å². The van der Waals surface area contributed by atoms with Gasteiger partial charge in [0.2, 0.25) is 5.95 Å². The molecule has 0 atom stereocenters. The van der Waals surface area contributed by atoms with Crippen LogP contribution >= 0.6 is 0 Å². The van der Waals surface area contributed by atoms with Crippen LogP contribution in [-0.2, 0) is 0 Å². The molecule has 3 aromatic heterocycles. The molecule has 0 radical (unpaired) electrons. The van der Waals surface area contributed by atoms with E-state index in [1.54, 1.807) is 0 Å². The quantitative estimate of drug-likeness (QED) is 0.182. The van der Waals surface area contributed by atoms with E-state index in [-0.39, 0.29) is 0 Å². The minimum atomic E-state index is 0.644. The first-order valence-corrected chi connectivity index (χ1v) is 19.0. The molecule has 0 bridgehead atoms.